The van der Waals surface area contributed by atoms with Gasteiger partial charge in [-0.1, -0.05) is 41.3 Å². The predicted molar refractivity (Wildman–Crippen MR) is 84.5 cm³/mol. The zero-order valence-electron chi connectivity index (χ0n) is 11.1. The molecule has 1 aromatic carbocycles. The molecular formula is C13H13N5S2. The minimum absolute atomic E-state index is 0.662. The molecule has 3 aromatic rings. The van der Waals surface area contributed by atoms with Gasteiger partial charge in [0, 0.05) is 24.4 Å². The Balaban J connectivity index is 2.03. The number of nitrogens with two attached hydrogens (primary N) is 1. The third kappa shape index (κ3) is 2.41. The first-order chi connectivity index (χ1) is 9.65. The van der Waals surface area contributed by atoms with Crippen molar-refractivity contribution in [2.24, 2.45) is 0 Å². The van der Waals surface area contributed by atoms with E-state index in [1.807, 2.05) is 43.3 Å². The van der Waals surface area contributed by atoms with Gasteiger partial charge in [0.15, 0.2) is 4.34 Å². The Kier molecular flexibility index (Phi) is 3.45. The zero-order chi connectivity index (χ0) is 14.1. The predicted octanol–water partition coefficient (Wildman–Crippen LogP) is 2.89. The van der Waals surface area contributed by atoms with E-state index in [4.69, 9.17) is 5.73 Å². The Morgan fingerprint density at radius 3 is 2.75 bits per heavy atom. The van der Waals surface area contributed by atoms with Crippen LogP contribution in [0.25, 0.3) is 10.9 Å². The van der Waals surface area contributed by atoms with Crippen LogP contribution in [-0.2, 0) is 0 Å². The summed E-state index contributed by atoms with van der Waals surface area (Å²) in [7, 11) is 3.90. The SMILES string of the molecule is CN(C)c1nnc(Sc2c(N)cnc3ccccc23)s1. The number of rotatable bonds is 3. The van der Waals surface area contributed by atoms with E-state index in [0.29, 0.717) is 5.69 Å². The number of nitrogens with zero attached hydrogens (tertiary/aromatic N) is 4. The fourth-order valence-corrected chi connectivity index (χ4v) is 3.61. The van der Waals surface area contributed by atoms with Crippen LogP contribution in [0, 0.1) is 0 Å². The molecule has 0 fully saturated rings. The van der Waals surface area contributed by atoms with Gasteiger partial charge in [0.1, 0.15) is 0 Å². The molecule has 0 aliphatic carbocycles. The first kappa shape index (κ1) is 13.1. The highest BCUT2D eigenvalue weighted by Gasteiger charge is 2.12. The summed E-state index contributed by atoms with van der Waals surface area (Å²) in [5, 5.41) is 10.3. The van der Waals surface area contributed by atoms with Crippen LogP contribution in [0.2, 0.25) is 0 Å². The van der Waals surface area contributed by atoms with Gasteiger partial charge in [0.2, 0.25) is 5.13 Å². The number of aromatic nitrogens is 3. The molecule has 0 unspecified atom stereocenters. The third-order valence-corrected chi connectivity index (χ3v) is 5.02. The Labute approximate surface area is 124 Å². The van der Waals surface area contributed by atoms with Gasteiger partial charge >= 0.3 is 0 Å². The summed E-state index contributed by atoms with van der Waals surface area (Å²) in [5.41, 5.74) is 7.66. The fraction of sp³-hybridized carbons (Fsp3) is 0.154. The Morgan fingerprint density at radius 2 is 2.00 bits per heavy atom. The minimum atomic E-state index is 0.662. The summed E-state index contributed by atoms with van der Waals surface area (Å²) in [6.07, 6.45) is 1.69. The van der Waals surface area contributed by atoms with Gasteiger partial charge in [-0.3, -0.25) is 4.98 Å². The van der Waals surface area contributed by atoms with Gasteiger partial charge < -0.3 is 10.6 Å². The van der Waals surface area contributed by atoms with Crippen molar-refractivity contribution in [2.45, 2.75) is 9.24 Å². The normalized spacial score (nSPS) is 10.9. The van der Waals surface area contributed by atoms with Crippen LogP contribution < -0.4 is 10.6 Å². The molecule has 102 valence electrons. The molecule has 2 N–H and O–H groups in total. The van der Waals surface area contributed by atoms with Crippen LogP contribution in [0.1, 0.15) is 0 Å². The summed E-state index contributed by atoms with van der Waals surface area (Å²) in [6.45, 7) is 0. The van der Waals surface area contributed by atoms with E-state index in [0.717, 1.165) is 25.3 Å². The van der Waals surface area contributed by atoms with E-state index in [1.54, 1.807) is 17.5 Å². The van der Waals surface area contributed by atoms with Gasteiger partial charge in [0.05, 0.1) is 17.4 Å². The molecule has 20 heavy (non-hydrogen) atoms. The molecule has 0 amide bonds. The first-order valence-electron chi connectivity index (χ1n) is 5.97. The molecule has 2 aromatic heterocycles. The average molecular weight is 303 g/mol. The maximum atomic E-state index is 6.06. The highest BCUT2D eigenvalue weighted by molar-refractivity contribution is 8.01. The maximum Gasteiger partial charge on any atom is 0.208 e. The van der Waals surface area contributed by atoms with Gasteiger partial charge in [-0.15, -0.1) is 10.2 Å². The van der Waals surface area contributed by atoms with E-state index in [-0.39, 0.29) is 0 Å². The average Bonchev–Trinajstić information content (AvgIpc) is 2.91. The molecule has 0 atom stereocenters. The number of pyridine rings is 1. The molecule has 7 heteroatoms. The standard InChI is InChI=1S/C13H13N5S2/c1-18(2)12-16-17-13(20-12)19-11-8-5-3-4-6-10(8)15-7-9(11)14/h3-7H,14H2,1-2H3. The lowest BCUT2D eigenvalue weighted by Crippen LogP contribution is -2.07. The van der Waals surface area contributed by atoms with Crippen LogP contribution in [0.5, 0.6) is 0 Å². The van der Waals surface area contributed by atoms with Crippen molar-refractivity contribution in [1.29, 1.82) is 0 Å². The van der Waals surface area contributed by atoms with Crippen LogP contribution in [0.4, 0.5) is 10.8 Å². The number of hydrogen-bond donors (Lipinski definition) is 1. The van der Waals surface area contributed by atoms with Crippen molar-refractivity contribution in [3.63, 3.8) is 0 Å². The van der Waals surface area contributed by atoms with Crippen molar-refractivity contribution < 1.29 is 0 Å². The molecular weight excluding hydrogens is 290 g/mol. The lowest BCUT2D eigenvalue weighted by molar-refractivity contribution is 0.973. The number of anilines is 2. The lowest BCUT2D eigenvalue weighted by Gasteiger charge is -2.07. The molecule has 0 aliphatic heterocycles. The largest absolute Gasteiger partial charge is 0.397 e. The van der Waals surface area contributed by atoms with Crippen LogP contribution in [0.15, 0.2) is 39.7 Å². The summed E-state index contributed by atoms with van der Waals surface area (Å²) in [5.74, 6) is 0. The monoisotopic (exact) mass is 303 g/mol. The molecule has 2 heterocycles. The first-order valence-corrected chi connectivity index (χ1v) is 7.60. The van der Waals surface area contributed by atoms with Crippen molar-refractivity contribution in [1.82, 2.24) is 15.2 Å². The van der Waals surface area contributed by atoms with Crippen LogP contribution in [-0.4, -0.2) is 29.3 Å². The van der Waals surface area contributed by atoms with Gasteiger partial charge in [-0.05, 0) is 6.07 Å². The van der Waals surface area contributed by atoms with Gasteiger partial charge in [-0.2, -0.15) is 0 Å². The van der Waals surface area contributed by atoms with Gasteiger partial charge in [0.25, 0.3) is 0 Å². The number of para-hydroxylation sites is 1. The quantitative estimate of drug-likeness (QED) is 0.802. The second-order valence-electron chi connectivity index (χ2n) is 4.41. The fourth-order valence-electron chi connectivity index (χ4n) is 1.76. The van der Waals surface area contributed by atoms with E-state index in [2.05, 4.69) is 15.2 Å². The molecule has 3 rings (SSSR count). The Hall–Kier alpha value is -1.86. The van der Waals surface area contributed by atoms with E-state index >= 15 is 0 Å². The molecule has 0 saturated heterocycles. The van der Waals surface area contributed by atoms with Crippen LogP contribution >= 0.6 is 23.1 Å². The summed E-state index contributed by atoms with van der Waals surface area (Å²) < 4.78 is 0.872. The molecule has 5 nitrogen and oxygen atoms in total. The van der Waals surface area contributed by atoms with E-state index < -0.39 is 0 Å². The third-order valence-electron chi connectivity index (χ3n) is 2.72. The Morgan fingerprint density at radius 1 is 1.20 bits per heavy atom. The van der Waals surface area contributed by atoms with Crippen molar-refractivity contribution >= 4 is 44.8 Å². The molecule has 0 radical (unpaired) electrons. The Bertz CT molecular complexity index is 753. The lowest BCUT2D eigenvalue weighted by atomic mass is 10.2. The maximum absolute atomic E-state index is 6.06. The van der Waals surface area contributed by atoms with Crippen molar-refractivity contribution in [3.8, 4) is 0 Å². The molecule has 0 aliphatic rings. The van der Waals surface area contributed by atoms with Crippen LogP contribution in [0.3, 0.4) is 0 Å². The number of fused-ring (bicyclic) bond motifs is 1. The smallest absolute Gasteiger partial charge is 0.208 e. The molecule has 0 saturated carbocycles. The highest BCUT2D eigenvalue weighted by atomic mass is 32.2. The van der Waals surface area contributed by atoms with Crippen molar-refractivity contribution in [2.75, 3.05) is 24.7 Å². The summed E-state index contributed by atoms with van der Waals surface area (Å²) >= 11 is 3.08. The van der Waals surface area contributed by atoms with Gasteiger partial charge in [-0.25, -0.2) is 0 Å². The molecule has 0 bridgehead atoms. The second-order valence-corrected chi connectivity index (χ2v) is 6.62. The summed E-state index contributed by atoms with van der Waals surface area (Å²) in [4.78, 5) is 7.26. The topological polar surface area (TPSA) is 67.9 Å². The summed E-state index contributed by atoms with van der Waals surface area (Å²) in [6, 6.07) is 7.95. The second kappa shape index (κ2) is 5.26. The van der Waals surface area contributed by atoms with E-state index in [1.165, 1.54) is 11.8 Å². The van der Waals surface area contributed by atoms with Crippen molar-refractivity contribution in [3.05, 3.63) is 30.5 Å². The number of hydrogen-bond acceptors (Lipinski definition) is 7. The molecule has 0 spiro atoms. The minimum Gasteiger partial charge on any atom is -0.397 e. The highest BCUT2D eigenvalue weighted by Crippen LogP contribution is 2.39. The zero-order valence-corrected chi connectivity index (χ0v) is 12.7. The van der Waals surface area contributed by atoms with E-state index in [9.17, 15) is 0 Å². The number of benzene rings is 1. The number of nitrogen functional groups attached to an aromatic ring is 1.